The first-order valence-electron chi connectivity index (χ1n) is 7.69. The molecule has 0 aliphatic carbocycles. The largest absolute Gasteiger partial charge is 0.416 e. The summed E-state index contributed by atoms with van der Waals surface area (Å²) < 4.78 is 38.3. The van der Waals surface area contributed by atoms with Crippen LogP contribution < -0.4 is 10.6 Å². The van der Waals surface area contributed by atoms with Crippen LogP contribution in [0, 0.1) is 10.5 Å². The minimum absolute atomic E-state index is 0.123. The molecule has 26 heavy (non-hydrogen) atoms. The zero-order chi connectivity index (χ0) is 19.3. The number of benzene rings is 2. The molecule has 0 spiro atoms. The van der Waals surface area contributed by atoms with E-state index in [2.05, 4.69) is 33.2 Å². The van der Waals surface area contributed by atoms with Crippen LogP contribution >= 0.6 is 22.6 Å². The van der Waals surface area contributed by atoms with Crippen molar-refractivity contribution >= 4 is 34.4 Å². The molecule has 0 fully saturated rings. The number of amides is 2. The van der Waals surface area contributed by atoms with Crippen LogP contribution in [0.5, 0.6) is 0 Å². The predicted octanol–water partition coefficient (Wildman–Crippen LogP) is 3.78. The molecular weight excluding hydrogens is 460 g/mol. The normalized spacial score (nSPS) is 11.1. The first-order chi connectivity index (χ1) is 12.2. The third kappa shape index (κ3) is 5.20. The van der Waals surface area contributed by atoms with Gasteiger partial charge in [0.15, 0.2) is 0 Å². The van der Waals surface area contributed by atoms with Crippen LogP contribution in [0.1, 0.15) is 31.8 Å². The van der Waals surface area contributed by atoms with E-state index in [0.29, 0.717) is 5.56 Å². The van der Waals surface area contributed by atoms with E-state index in [0.717, 1.165) is 33.4 Å². The quantitative estimate of drug-likeness (QED) is 0.510. The minimum Gasteiger partial charge on any atom is -0.350 e. The van der Waals surface area contributed by atoms with Gasteiger partial charge in [-0.3, -0.25) is 9.59 Å². The highest BCUT2D eigenvalue weighted by atomic mass is 127. The summed E-state index contributed by atoms with van der Waals surface area (Å²) in [6.07, 6.45) is -4.44. The average molecular weight is 476 g/mol. The van der Waals surface area contributed by atoms with Gasteiger partial charge in [-0.15, -0.1) is 0 Å². The molecule has 0 bridgehead atoms. The monoisotopic (exact) mass is 476 g/mol. The van der Waals surface area contributed by atoms with E-state index < -0.39 is 17.6 Å². The molecule has 0 saturated carbocycles. The number of aryl methyl sites for hydroxylation is 1. The number of rotatable bonds is 5. The standard InChI is InChI=1S/C18H16F3IN2O2/c1-11-3-2-4-14(15(11)22)17(26)24-10-9-23-16(25)12-5-7-13(8-6-12)18(19,20)21/h2-8H,9-10H2,1H3,(H,23,25)(H,24,26). The van der Waals surface area contributed by atoms with Crippen LogP contribution in [-0.4, -0.2) is 24.9 Å². The summed E-state index contributed by atoms with van der Waals surface area (Å²) >= 11 is 2.10. The van der Waals surface area contributed by atoms with E-state index in [1.165, 1.54) is 0 Å². The molecule has 0 aliphatic heterocycles. The van der Waals surface area contributed by atoms with Crippen molar-refractivity contribution in [3.8, 4) is 0 Å². The topological polar surface area (TPSA) is 58.2 Å². The van der Waals surface area contributed by atoms with E-state index >= 15 is 0 Å². The lowest BCUT2D eigenvalue weighted by Crippen LogP contribution is -2.35. The molecule has 0 unspecified atom stereocenters. The van der Waals surface area contributed by atoms with Gasteiger partial charge in [-0.05, 0) is 65.4 Å². The van der Waals surface area contributed by atoms with Gasteiger partial charge in [0.2, 0.25) is 0 Å². The predicted molar refractivity (Wildman–Crippen MR) is 100 cm³/mol. The Bertz CT molecular complexity index is 805. The molecular formula is C18H16F3IN2O2. The lowest BCUT2D eigenvalue weighted by Gasteiger charge is -2.10. The lowest BCUT2D eigenvalue weighted by atomic mass is 10.1. The van der Waals surface area contributed by atoms with E-state index in [9.17, 15) is 22.8 Å². The van der Waals surface area contributed by atoms with Crippen molar-refractivity contribution in [2.75, 3.05) is 13.1 Å². The van der Waals surface area contributed by atoms with E-state index in [1.807, 2.05) is 13.0 Å². The summed E-state index contributed by atoms with van der Waals surface area (Å²) in [5, 5.41) is 5.25. The summed E-state index contributed by atoms with van der Waals surface area (Å²) in [6, 6.07) is 9.36. The Hall–Kier alpha value is -2.10. The molecule has 0 saturated heterocycles. The van der Waals surface area contributed by atoms with Crippen LogP contribution in [0.25, 0.3) is 0 Å². The number of carbonyl (C=O) groups excluding carboxylic acids is 2. The molecule has 0 heterocycles. The Morgan fingerprint density at radius 2 is 1.54 bits per heavy atom. The SMILES string of the molecule is Cc1cccc(C(=O)NCCNC(=O)c2ccc(C(F)(F)F)cc2)c1I. The van der Waals surface area contributed by atoms with Gasteiger partial charge in [0.25, 0.3) is 11.8 Å². The fraction of sp³-hybridized carbons (Fsp3) is 0.222. The molecule has 8 heteroatoms. The van der Waals surface area contributed by atoms with Crippen molar-refractivity contribution in [3.63, 3.8) is 0 Å². The van der Waals surface area contributed by atoms with Crippen molar-refractivity contribution in [1.29, 1.82) is 0 Å². The molecule has 2 aromatic carbocycles. The first kappa shape index (κ1) is 20.2. The maximum atomic E-state index is 12.5. The van der Waals surface area contributed by atoms with Crippen molar-refractivity contribution in [3.05, 3.63) is 68.3 Å². The van der Waals surface area contributed by atoms with Crippen LogP contribution in [0.2, 0.25) is 0 Å². The van der Waals surface area contributed by atoms with Crippen LogP contribution in [0.3, 0.4) is 0 Å². The average Bonchev–Trinajstić information content (AvgIpc) is 2.60. The van der Waals surface area contributed by atoms with Crippen molar-refractivity contribution in [2.24, 2.45) is 0 Å². The zero-order valence-electron chi connectivity index (χ0n) is 13.8. The van der Waals surface area contributed by atoms with Gasteiger partial charge in [0.05, 0.1) is 11.1 Å². The Labute approximate surface area is 162 Å². The number of halogens is 4. The number of alkyl halides is 3. The molecule has 0 radical (unpaired) electrons. The second-order valence-electron chi connectivity index (χ2n) is 5.52. The minimum atomic E-state index is -4.44. The Kier molecular flexibility index (Phi) is 6.63. The fourth-order valence-corrected chi connectivity index (χ4v) is 2.79. The maximum Gasteiger partial charge on any atom is 0.416 e. The van der Waals surface area contributed by atoms with E-state index in [-0.39, 0.29) is 24.6 Å². The second-order valence-corrected chi connectivity index (χ2v) is 6.60. The van der Waals surface area contributed by atoms with Gasteiger partial charge in [0, 0.05) is 22.2 Å². The van der Waals surface area contributed by atoms with Crippen LogP contribution in [0.4, 0.5) is 13.2 Å². The smallest absolute Gasteiger partial charge is 0.350 e. The number of hydrogen-bond donors (Lipinski definition) is 2. The molecule has 138 valence electrons. The summed E-state index contributed by atoms with van der Waals surface area (Å²) in [7, 11) is 0. The van der Waals surface area contributed by atoms with Crippen molar-refractivity contribution in [2.45, 2.75) is 13.1 Å². The van der Waals surface area contributed by atoms with Crippen molar-refractivity contribution in [1.82, 2.24) is 10.6 Å². The highest BCUT2D eigenvalue weighted by molar-refractivity contribution is 14.1. The molecule has 0 atom stereocenters. The molecule has 2 rings (SSSR count). The number of nitrogens with one attached hydrogen (secondary N) is 2. The Morgan fingerprint density at radius 3 is 2.12 bits per heavy atom. The molecule has 2 N–H and O–H groups in total. The number of hydrogen-bond acceptors (Lipinski definition) is 2. The summed E-state index contributed by atoms with van der Waals surface area (Å²) in [4.78, 5) is 24.0. The van der Waals surface area contributed by atoms with Gasteiger partial charge in [0.1, 0.15) is 0 Å². The Morgan fingerprint density at radius 1 is 0.962 bits per heavy atom. The third-order valence-electron chi connectivity index (χ3n) is 3.61. The van der Waals surface area contributed by atoms with Gasteiger partial charge in [-0.1, -0.05) is 12.1 Å². The van der Waals surface area contributed by atoms with Gasteiger partial charge < -0.3 is 10.6 Å². The van der Waals surface area contributed by atoms with Gasteiger partial charge in [-0.25, -0.2) is 0 Å². The highest BCUT2D eigenvalue weighted by Gasteiger charge is 2.30. The molecule has 0 aliphatic rings. The van der Waals surface area contributed by atoms with E-state index in [1.54, 1.807) is 12.1 Å². The van der Waals surface area contributed by atoms with Gasteiger partial charge in [-0.2, -0.15) is 13.2 Å². The summed E-state index contributed by atoms with van der Waals surface area (Å²) in [5.41, 5.74) is 0.861. The highest BCUT2D eigenvalue weighted by Crippen LogP contribution is 2.29. The summed E-state index contributed by atoms with van der Waals surface area (Å²) in [5.74, 6) is -0.750. The number of carbonyl (C=O) groups is 2. The van der Waals surface area contributed by atoms with E-state index in [4.69, 9.17) is 0 Å². The third-order valence-corrected chi connectivity index (χ3v) is 5.04. The zero-order valence-corrected chi connectivity index (χ0v) is 15.9. The van der Waals surface area contributed by atoms with Crippen LogP contribution in [-0.2, 0) is 6.18 Å². The fourth-order valence-electron chi connectivity index (χ4n) is 2.18. The van der Waals surface area contributed by atoms with Crippen molar-refractivity contribution < 1.29 is 22.8 Å². The molecule has 2 amide bonds. The van der Waals surface area contributed by atoms with Gasteiger partial charge >= 0.3 is 6.18 Å². The maximum absolute atomic E-state index is 12.5. The summed E-state index contributed by atoms with van der Waals surface area (Å²) in [6.45, 7) is 2.27. The van der Waals surface area contributed by atoms with Crippen LogP contribution in [0.15, 0.2) is 42.5 Å². The molecule has 2 aromatic rings. The first-order valence-corrected chi connectivity index (χ1v) is 8.77. The molecule has 0 aromatic heterocycles. The Balaban J connectivity index is 1.83. The lowest BCUT2D eigenvalue weighted by molar-refractivity contribution is -0.137. The molecule has 4 nitrogen and oxygen atoms in total. The second kappa shape index (κ2) is 8.52.